The molecule has 0 bridgehead atoms. The Labute approximate surface area is 123 Å². The first-order chi connectivity index (χ1) is 9.69. The van der Waals surface area contributed by atoms with Gasteiger partial charge < -0.3 is 10.2 Å². The van der Waals surface area contributed by atoms with E-state index in [2.05, 4.69) is 53.3 Å². The molecule has 2 rings (SSSR count). The van der Waals surface area contributed by atoms with Crippen molar-refractivity contribution in [3.63, 3.8) is 0 Å². The summed E-state index contributed by atoms with van der Waals surface area (Å²) in [5.74, 6) is 1.92. The van der Waals surface area contributed by atoms with E-state index in [0.717, 1.165) is 37.9 Å². The van der Waals surface area contributed by atoms with Crippen LogP contribution in [0.3, 0.4) is 0 Å². The standard InChI is InChI=1S/C17H27N3/c1-14-8-11-20(12-9-14)17(18-3)19-10-7-16-6-4-5-15(2)13-16/h4-6,13-14H,7-12H2,1-3H3,(H,18,19). The minimum Gasteiger partial charge on any atom is -0.356 e. The van der Waals surface area contributed by atoms with Gasteiger partial charge in [-0.15, -0.1) is 0 Å². The molecule has 1 aliphatic heterocycles. The van der Waals surface area contributed by atoms with Gasteiger partial charge >= 0.3 is 0 Å². The van der Waals surface area contributed by atoms with Gasteiger partial charge in [-0.05, 0) is 37.7 Å². The molecule has 0 amide bonds. The summed E-state index contributed by atoms with van der Waals surface area (Å²) in [5.41, 5.74) is 2.72. The molecule has 0 saturated carbocycles. The third-order valence-corrected chi connectivity index (χ3v) is 4.07. The Morgan fingerprint density at radius 2 is 2.10 bits per heavy atom. The maximum absolute atomic E-state index is 4.42. The van der Waals surface area contributed by atoms with Gasteiger partial charge in [0.1, 0.15) is 0 Å². The van der Waals surface area contributed by atoms with Gasteiger partial charge in [0, 0.05) is 26.7 Å². The second kappa shape index (κ2) is 7.32. The summed E-state index contributed by atoms with van der Waals surface area (Å²) in [7, 11) is 1.88. The van der Waals surface area contributed by atoms with E-state index in [1.54, 1.807) is 0 Å². The Morgan fingerprint density at radius 3 is 2.75 bits per heavy atom. The average Bonchev–Trinajstić information content (AvgIpc) is 2.45. The highest BCUT2D eigenvalue weighted by atomic mass is 15.3. The zero-order valence-corrected chi connectivity index (χ0v) is 13.0. The maximum Gasteiger partial charge on any atom is 0.193 e. The van der Waals surface area contributed by atoms with Crippen LogP contribution in [0.15, 0.2) is 29.3 Å². The smallest absolute Gasteiger partial charge is 0.193 e. The first-order valence-corrected chi connectivity index (χ1v) is 7.70. The first kappa shape index (κ1) is 14.9. The highest BCUT2D eigenvalue weighted by Gasteiger charge is 2.18. The Morgan fingerprint density at radius 1 is 1.35 bits per heavy atom. The maximum atomic E-state index is 4.42. The van der Waals surface area contributed by atoms with Crippen LogP contribution in [0.5, 0.6) is 0 Å². The van der Waals surface area contributed by atoms with E-state index in [-0.39, 0.29) is 0 Å². The van der Waals surface area contributed by atoms with Crippen LogP contribution in [0.2, 0.25) is 0 Å². The Kier molecular flexibility index (Phi) is 5.45. The summed E-state index contributed by atoms with van der Waals surface area (Å²) in [6, 6.07) is 8.73. The summed E-state index contributed by atoms with van der Waals surface area (Å²) in [4.78, 5) is 6.80. The summed E-state index contributed by atoms with van der Waals surface area (Å²) in [6.07, 6.45) is 3.60. The fourth-order valence-electron chi connectivity index (χ4n) is 2.74. The van der Waals surface area contributed by atoms with Crippen molar-refractivity contribution < 1.29 is 0 Å². The van der Waals surface area contributed by atoms with E-state index >= 15 is 0 Å². The fourth-order valence-corrected chi connectivity index (χ4v) is 2.74. The van der Waals surface area contributed by atoms with Gasteiger partial charge in [-0.3, -0.25) is 4.99 Å². The number of likely N-dealkylation sites (tertiary alicyclic amines) is 1. The molecule has 0 aliphatic carbocycles. The Balaban J connectivity index is 1.80. The molecule has 1 aromatic carbocycles. The van der Waals surface area contributed by atoms with Crippen LogP contribution in [0, 0.1) is 12.8 Å². The van der Waals surface area contributed by atoms with Gasteiger partial charge in [0.15, 0.2) is 5.96 Å². The van der Waals surface area contributed by atoms with Crippen molar-refractivity contribution in [1.29, 1.82) is 0 Å². The van der Waals surface area contributed by atoms with Gasteiger partial charge in [0.25, 0.3) is 0 Å². The molecule has 1 aliphatic rings. The van der Waals surface area contributed by atoms with Crippen LogP contribution in [-0.4, -0.2) is 37.5 Å². The lowest BCUT2D eigenvalue weighted by molar-refractivity contribution is 0.273. The van der Waals surface area contributed by atoms with Gasteiger partial charge in [0.05, 0.1) is 0 Å². The molecule has 3 nitrogen and oxygen atoms in total. The zero-order valence-electron chi connectivity index (χ0n) is 13.0. The topological polar surface area (TPSA) is 27.6 Å². The molecule has 1 saturated heterocycles. The van der Waals surface area contributed by atoms with E-state index in [4.69, 9.17) is 0 Å². The third kappa shape index (κ3) is 4.26. The van der Waals surface area contributed by atoms with Gasteiger partial charge in [-0.25, -0.2) is 0 Å². The van der Waals surface area contributed by atoms with E-state index in [0.29, 0.717) is 0 Å². The Bertz CT molecular complexity index is 445. The lowest BCUT2D eigenvalue weighted by atomic mass is 9.99. The van der Waals surface area contributed by atoms with Crippen LogP contribution in [0.4, 0.5) is 0 Å². The predicted molar refractivity (Wildman–Crippen MR) is 86.2 cm³/mol. The van der Waals surface area contributed by atoms with E-state index in [1.165, 1.54) is 24.0 Å². The average molecular weight is 273 g/mol. The van der Waals surface area contributed by atoms with Crippen molar-refractivity contribution in [3.05, 3.63) is 35.4 Å². The lowest BCUT2D eigenvalue weighted by Crippen LogP contribution is -2.45. The zero-order chi connectivity index (χ0) is 14.4. The number of aryl methyl sites for hydroxylation is 1. The minimum atomic E-state index is 0.858. The molecule has 1 fully saturated rings. The van der Waals surface area contributed by atoms with Crippen molar-refractivity contribution in [2.75, 3.05) is 26.7 Å². The molecular weight excluding hydrogens is 246 g/mol. The number of hydrogen-bond acceptors (Lipinski definition) is 1. The van der Waals surface area contributed by atoms with Crippen molar-refractivity contribution in [1.82, 2.24) is 10.2 Å². The minimum absolute atomic E-state index is 0.858. The normalized spacial score (nSPS) is 17.4. The van der Waals surface area contributed by atoms with Crippen LogP contribution >= 0.6 is 0 Å². The number of rotatable bonds is 3. The van der Waals surface area contributed by atoms with Crippen LogP contribution in [0.1, 0.15) is 30.9 Å². The Hall–Kier alpha value is -1.51. The number of nitrogens with one attached hydrogen (secondary N) is 1. The fraction of sp³-hybridized carbons (Fsp3) is 0.588. The molecule has 0 aromatic heterocycles. The van der Waals surface area contributed by atoms with Gasteiger partial charge in [0.2, 0.25) is 0 Å². The SMILES string of the molecule is CN=C(NCCc1cccc(C)c1)N1CCC(C)CC1. The highest BCUT2D eigenvalue weighted by Crippen LogP contribution is 2.15. The number of nitrogens with zero attached hydrogens (tertiary/aromatic N) is 2. The third-order valence-electron chi connectivity index (χ3n) is 4.07. The van der Waals surface area contributed by atoms with Crippen LogP contribution < -0.4 is 5.32 Å². The molecule has 20 heavy (non-hydrogen) atoms. The van der Waals surface area contributed by atoms with E-state index < -0.39 is 0 Å². The number of aliphatic imine (C=N–C) groups is 1. The largest absolute Gasteiger partial charge is 0.356 e. The second-order valence-corrected chi connectivity index (χ2v) is 5.88. The first-order valence-electron chi connectivity index (χ1n) is 7.70. The van der Waals surface area contributed by atoms with Gasteiger partial charge in [-0.2, -0.15) is 0 Å². The molecule has 1 aromatic rings. The monoisotopic (exact) mass is 273 g/mol. The van der Waals surface area contributed by atoms with Crippen molar-refractivity contribution in [2.45, 2.75) is 33.1 Å². The second-order valence-electron chi connectivity index (χ2n) is 5.88. The summed E-state index contributed by atoms with van der Waals surface area (Å²) in [6.45, 7) is 7.69. The molecule has 0 spiro atoms. The van der Waals surface area contributed by atoms with Crippen LogP contribution in [-0.2, 0) is 6.42 Å². The molecule has 0 unspecified atom stereocenters. The van der Waals surface area contributed by atoms with E-state index in [1.807, 2.05) is 7.05 Å². The lowest BCUT2D eigenvalue weighted by Gasteiger charge is -2.32. The van der Waals surface area contributed by atoms with Gasteiger partial charge in [-0.1, -0.05) is 36.8 Å². The molecule has 1 heterocycles. The molecule has 110 valence electrons. The van der Waals surface area contributed by atoms with Crippen molar-refractivity contribution >= 4 is 5.96 Å². The molecule has 3 heteroatoms. The number of guanidine groups is 1. The highest BCUT2D eigenvalue weighted by molar-refractivity contribution is 5.79. The predicted octanol–water partition coefficient (Wildman–Crippen LogP) is 2.84. The number of benzene rings is 1. The summed E-state index contributed by atoms with van der Waals surface area (Å²) in [5, 5.41) is 3.50. The molecule has 0 radical (unpaired) electrons. The quantitative estimate of drug-likeness (QED) is 0.677. The van der Waals surface area contributed by atoms with Crippen molar-refractivity contribution in [3.8, 4) is 0 Å². The number of piperidine rings is 1. The van der Waals surface area contributed by atoms with Crippen LogP contribution in [0.25, 0.3) is 0 Å². The summed E-state index contributed by atoms with van der Waals surface area (Å²) < 4.78 is 0. The van der Waals surface area contributed by atoms with E-state index in [9.17, 15) is 0 Å². The molecule has 1 N–H and O–H groups in total. The molecule has 0 atom stereocenters. The van der Waals surface area contributed by atoms with Crippen molar-refractivity contribution in [2.24, 2.45) is 10.9 Å². The molecular formula is C17H27N3. The summed E-state index contributed by atoms with van der Waals surface area (Å²) >= 11 is 0. The number of hydrogen-bond donors (Lipinski definition) is 1.